The highest BCUT2D eigenvalue weighted by Gasteiger charge is 2.21. The second-order valence-corrected chi connectivity index (χ2v) is 9.95. The van der Waals surface area contributed by atoms with E-state index in [9.17, 15) is 13.2 Å². The van der Waals surface area contributed by atoms with Gasteiger partial charge in [-0.3, -0.25) is 9.89 Å². The average Bonchev–Trinajstić information content (AvgIpc) is 3.25. The van der Waals surface area contributed by atoms with Crippen molar-refractivity contribution in [3.63, 3.8) is 0 Å². The number of nitrogens with zero attached hydrogens (tertiary/aromatic N) is 1. The molecule has 0 spiro atoms. The van der Waals surface area contributed by atoms with E-state index in [1.54, 1.807) is 42.7 Å². The molecule has 1 aromatic heterocycles. The largest absolute Gasteiger partial charge is 0.496 e. The zero-order valence-electron chi connectivity index (χ0n) is 17.5. The molecule has 0 saturated carbocycles. The van der Waals surface area contributed by atoms with Crippen molar-refractivity contribution in [3.05, 3.63) is 64.9 Å². The summed E-state index contributed by atoms with van der Waals surface area (Å²) in [5.41, 5.74) is 2.52. The molecule has 0 bridgehead atoms. The monoisotopic (exact) mass is 461 g/mol. The summed E-state index contributed by atoms with van der Waals surface area (Å²) in [6.07, 6.45) is 3.40. The van der Waals surface area contributed by atoms with Crippen LogP contribution >= 0.6 is 11.6 Å². The van der Waals surface area contributed by atoms with E-state index < -0.39 is 9.84 Å². The first-order valence-corrected chi connectivity index (χ1v) is 11.7. The number of aromatic nitrogens is 2. The minimum absolute atomic E-state index is 0.000954. The molecule has 0 saturated heterocycles. The first-order chi connectivity index (χ1) is 14.7. The van der Waals surface area contributed by atoms with Crippen LogP contribution in [-0.4, -0.2) is 37.4 Å². The second-order valence-electron chi connectivity index (χ2n) is 7.51. The Morgan fingerprint density at radius 3 is 2.65 bits per heavy atom. The van der Waals surface area contributed by atoms with Gasteiger partial charge < -0.3 is 10.1 Å². The molecule has 31 heavy (non-hydrogen) atoms. The normalized spacial score (nSPS) is 11.5. The van der Waals surface area contributed by atoms with Crippen molar-refractivity contribution in [2.24, 2.45) is 5.92 Å². The zero-order valence-corrected chi connectivity index (χ0v) is 19.0. The van der Waals surface area contributed by atoms with Gasteiger partial charge in [-0.1, -0.05) is 31.5 Å². The SMILES string of the molecule is COc1cc(C(=O)NCc2ccc(Cl)cc2S(=O)(=O)CC(C)C)ccc1-c1cn[nH]c1. The predicted molar refractivity (Wildman–Crippen MR) is 120 cm³/mol. The number of hydrogen-bond acceptors (Lipinski definition) is 5. The molecule has 0 fully saturated rings. The molecule has 2 N–H and O–H groups in total. The van der Waals surface area contributed by atoms with Crippen molar-refractivity contribution in [2.45, 2.75) is 25.3 Å². The van der Waals surface area contributed by atoms with Crippen molar-refractivity contribution in [1.82, 2.24) is 15.5 Å². The number of methoxy groups -OCH3 is 1. The summed E-state index contributed by atoms with van der Waals surface area (Å²) in [4.78, 5) is 12.9. The van der Waals surface area contributed by atoms with Crippen molar-refractivity contribution in [3.8, 4) is 16.9 Å². The number of rotatable bonds is 8. The fraction of sp³-hybridized carbons (Fsp3) is 0.273. The number of aromatic amines is 1. The Balaban J connectivity index is 1.82. The number of benzene rings is 2. The number of sulfone groups is 1. The Kier molecular flexibility index (Phi) is 7.02. The van der Waals surface area contributed by atoms with E-state index in [0.29, 0.717) is 21.9 Å². The van der Waals surface area contributed by atoms with Crippen LogP contribution in [-0.2, 0) is 16.4 Å². The zero-order chi connectivity index (χ0) is 22.6. The maximum absolute atomic E-state index is 12.8. The lowest BCUT2D eigenvalue weighted by Gasteiger charge is -2.14. The Hall–Kier alpha value is -2.84. The third-order valence-electron chi connectivity index (χ3n) is 4.63. The molecular weight excluding hydrogens is 438 g/mol. The minimum atomic E-state index is -3.53. The highest BCUT2D eigenvalue weighted by atomic mass is 35.5. The number of carbonyl (C=O) groups excluding carboxylic acids is 1. The molecule has 0 unspecified atom stereocenters. The lowest BCUT2D eigenvalue weighted by Crippen LogP contribution is -2.24. The highest BCUT2D eigenvalue weighted by Crippen LogP contribution is 2.30. The van der Waals surface area contributed by atoms with Crippen LogP contribution in [0.25, 0.3) is 11.1 Å². The molecule has 1 amide bonds. The van der Waals surface area contributed by atoms with Gasteiger partial charge in [0.2, 0.25) is 0 Å². The quantitative estimate of drug-likeness (QED) is 0.526. The molecule has 7 nitrogen and oxygen atoms in total. The Bertz CT molecular complexity index is 1180. The number of halogens is 1. The fourth-order valence-electron chi connectivity index (χ4n) is 3.24. The lowest BCUT2D eigenvalue weighted by molar-refractivity contribution is 0.0950. The third kappa shape index (κ3) is 5.45. The average molecular weight is 462 g/mol. The van der Waals surface area contributed by atoms with E-state index in [4.69, 9.17) is 16.3 Å². The van der Waals surface area contributed by atoms with Gasteiger partial charge in [-0.25, -0.2) is 8.42 Å². The van der Waals surface area contributed by atoms with E-state index in [1.807, 2.05) is 13.8 Å². The maximum atomic E-state index is 12.8. The molecule has 1 heterocycles. The molecule has 3 rings (SSSR count). The van der Waals surface area contributed by atoms with E-state index in [-0.39, 0.29) is 29.0 Å². The van der Waals surface area contributed by atoms with E-state index >= 15 is 0 Å². The van der Waals surface area contributed by atoms with Crippen molar-refractivity contribution in [1.29, 1.82) is 0 Å². The Morgan fingerprint density at radius 1 is 1.23 bits per heavy atom. The molecule has 0 radical (unpaired) electrons. The molecule has 9 heteroatoms. The first-order valence-electron chi connectivity index (χ1n) is 9.68. The van der Waals surface area contributed by atoms with Crippen molar-refractivity contribution < 1.29 is 17.9 Å². The van der Waals surface area contributed by atoms with Gasteiger partial charge in [0, 0.05) is 34.5 Å². The summed E-state index contributed by atoms with van der Waals surface area (Å²) in [6.45, 7) is 3.72. The van der Waals surface area contributed by atoms with E-state index in [1.165, 1.54) is 13.2 Å². The number of ether oxygens (including phenoxy) is 1. The topological polar surface area (TPSA) is 101 Å². The van der Waals surface area contributed by atoms with Gasteiger partial charge in [-0.2, -0.15) is 5.10 Å². The van der Waals surface area contributed by atoms with Crippen LogP contribution in [0.4, 0.5) is 0 Å². The van der Waals surface area contributed by atoms with Gasteiger partial charge in [0.05, 0.1) is 24.0 Å². The number of hydrogen-bond donors (Lipinski definition) is 2. The number of carbonyl (C=O) groups is 1. The van der Waals surface area contributed by atoms with Gasteiger partial charge in [0.25, 0.3) is 5.91 Å². The summed E-state index contributed by atoms with van der Waals surface area (Å²) in [5.74, 6) is 0.147. The van der Waals surface area contributed by atoms with Crippen LogP contribution in [0.1, 0.15) is 29.8 Å². The summed E-state index contributed by atoms with van der Waals surface area (Å²) in [6, 6.07) is 9.76. The standard InChI is InChI=1S/C22H24ClN3O4S/c1-14(2)13-31(28,29)21-9-18(23)6-4-16(21)10-24-22(27)15-5-7-19(20(8-15)30-3)17-11-25-26-12-17/h4-9,11-12,14H,10,13H2,1-3H3,(H,24,27)(H,25,26). The van der Waals surface area contributed by atoms with Crippen LogP contribution in [0.5, 0.6) is 5.75 Å². The summed E-state index contributed by atoms with van der Waals surface area (Å²) in [5, 5.41) is 9.79. The molecule has 2 aromatic carbocycles. The van der Waals surface area contributed by atoms with E-state index in [0.717, 1.165) is 11.1 Å². The second kappa shape index (κ2) is 9.53. The van der Waals surface area contributed by atoms with Crippen molar-refractivity contribution >= 4 is 27.3 Å². The lowest BCUT2D eigenvalue weighted by atomic mass is 10.1. The number of nitrogens with one attached hydrogen (secondary N) is 2. The van der Waals surface area contributed by atoms with Crippen LogP contribution in [0.15, 0.2) is 53.7 Å². The molecule has 3 aromatic rings. The van der Waals surface area contributed by atoms with Crippen LogP contribution in [0.2, 0.25) is 5.02 Å². The number of amides is 1. The van der Waals surface area contributed by atoms with Gasteiger partial charge in [-0.15, -0.1) is 0 Å². The summed E-state index contributed by atoms with van der Waals surface area (Å²) < 4.78 is 31.0. The van der Waals surface area contributed by atoms with Crippen LogP contribution in [0, 0.1) is 5.92 Å². The molecule has 0 aliphatic carbocycles. The Labute approximate surface area is 186 Å². The van der Waals surface area contributed by atoms with Gasteiger partial charge >= 0.3 is 0 Å². The maximum Gasteiger partial charge on any atom is 0.251 e. The van der Waals surface area contributed by atoms with Crippen LogP contribution < -0.4 is 10.1 Å². The smallest absolute Gasteiger partial charge is 0.251 e. The van der Waals surface area contributed by atoms with E-state index in [2.05, 4.69) is 15.5 Å². The number of H-pyrrole nitrogens is 1. The molecule has 0 atom stereocenters. The molecule has 164 valence electrons. The van der Waals surface area contributed by atoms with Crippen molar-refractivity contribution in [2.75, 3.05) is 12.9 Å². The first kappa shape index (κ1) is 22.8. The molecule has 0 aliphatic rings. The summed E-state index contributed by atoms with van der Waals surface area (Å²) >= 11 is 6.04. The summed E-state index contributed by atoms with van der Waals surface area (Å²) in [7, 11) is -2.00. The Morgan fingerprint density at radius 2 is 2.00 bits per heavy atom. The molecular formula is C22H24ClN3O4S. The molecule has 0 aliphatic heterocycles. The minimum Gasteiger partial charge on any atom is -0.496 e. The predicted octanol–water partition coefficient (Wildman–Crippen LogP) is 4.10. The van der Waals surface area contributed by atoms with Gasteiger partial charge in [0.1, 0.15) is 5.75 Å². The van der Waals surface area contributed by atoms with Gasteiger partial charge in [0.15, 0.2) is 9.84 Å². The fourth-order valence-corrected chi connectivity index (χ4v) is 5.38. The van der Waals surface area contributed by atoms with Crippen LogP contribution in [0.3, 0.4) is 0 Å². The highest BCUT2D eigenvalue weighted by molar-refractivity contribution is 7.91. The van der Waals surface area contributed by atoms with Gasteiger partial charge in [-0.05, 0) is 41.8 Å². The third-order valence-corrected chi connectivity index (χ3v) is 7.02.